The summed E-state index contributed by atoms with van der Waals surface area (Å²) in [5, 5.41) is 0. The van der Waals surface area contributed by atoms with Gasteiger partial charge >= 0.3 is 5.97 Å². The molecule has 0 radical (unpaired) electrons. The summed E-state index contributed by atoms with van der Waals surface area (Å²) < 4.78 is 18.7. The van der Waals surface area contributed by atoms with E-state index < -0.39 is 12.0 Å². The molecule has 0 spiro atoms. The quantitative estimate of drug-likeness (QED) is 0.483. The summed E-state index contributed by atoms with van der Waals surface area (Å²) in [5.74, 6) is 1.48. The van der Waals surface area contributed by atoms with Gasteiger partial charge in [-0.1, -0.05) is 23.5 Å². The number of carbonyl (C=O) groups excluding carboxylic acids is 1. The predicted molar refractivity (Wildman–Crippen MR) is 131 cm³/mol. The Balaban J connectivity index is 1.88. The van der Waals surface area contributed by atoms with Gasteiger partial charge in [-0.15, -0.1) is 0 Å². The molecule has 0 saturated carbocycles. The monoisotopic (exact) mass is 481 g/mol. The van der Waals surface area contributed by atoms with Gasteiger partial charge in [-0.25, -0.2) is 9.79 Å². The van der Waals surface area contributed by atoms with Crippen molar-refractivity contribution in [3.63, 3.8) is 0 Å². The van der Waals surface area contributed by atoms with Gasteiger partial charge in [-0.05, 0) is 44.5 Å². The number of benzene rings is 1. The van der Waals surface area contributed by atoms with E-state index >= 15 is 0 Å². The van der Waals surface area contributed by atoms with Crippen LogP contribution < -0.4 is 24.5 Å². The van der Waals surface area contributed by atoms with Gasteiger partial charge in [-0.3, -0.25) is 9.36 Å². The molecule has 0 fully saturated rings. The van der Waals surface area contributed by atoms with Crippen molar-refractivity contribution in [3.05, 3.63) is 78.7 Å². The van der Waals surface area contributed by atoms with E-state index in [4.69, 9.17) is 13.9 Å². The third kappa shape index (κ3) is 4.43. The third-order valence-corrected chi connectivity index (χ3v) is 6.33. The van der Waals surface area contributed by atoms with Gasteiger partial charge in [0.25, 0.3) is 5.56 Å². The summed E-state index contributed by atoms with van der Waals surface area (Å²) in [6.45, 7) is 6.20. The highest BCUT2D eigenvalue weighted by molar-refractivity contribution is 7.07. The van der Waals surface area contributed by atoms with Gasteiger partial charge in [0.05, 0.1) is 35.1 Å². The Bertz CT molecular complexity index is 1410. The molecule has 8 nitrogen and oxygen atoms in total. The second-order valence-electron chi connectivity index (χ2n) is 7.87. The summed E-state index contributed by atoms with van der Waals surface area (Å²) in [6, 6.07) is 10.4. The van der Waals surface area contributed by atoms with Gasteiger partial charge in [0.2, 0.25) is 0 Å². The minimum absolute atomic E-state index is 0.225. The molecule has 0 saturated heterocycles. The van der Waals surface area contributed by atoms with E-state index in [1.165, 1.54) is 11.3 Å². The van der Waals surface area contributed by atoms with Crippen molar-refractivity contribution < 1.29 is 18.7 Å². The van der Waals surface area contributed by atoms with Crippen molar-refractivity contribution in [2.75, 3.05) is 32.2 Å². The third-order valence-electron chi connectivity index (χ3n) is 5.35. The number of hydrogen-bond donors (Lipinski definition) is 0. The van der Waals surface area contributed by atoms with Crippen LogP contribution in [0.5, 0.6) is 5.75 Å². The zero-order valence-corrected chi connectivity index (χ0v) is 20.6. The summed E-state index contributed by atoms with van der Waals surface area (Å²) in [6.07, 6.45) is 1.70. The van der Waals surface area contributed by atoms with Gasteiger partial charge < -0.3 is 18.8 Å². The van der Waals surface area contributed by atoms with Crippen LogP contribution in [0.1, 0.15) is 38.1 Å². The van der Waals surface area contributed by atoms with E-state index in [2.05, 4.69) is 4.99 Å². The number of anilines is 1. The first kappa shape index (κ1) is 23.6. The fourth-order valence-electron chi connectivity index (χ4n) is 3.81. The number of furan rings is 1. The van der Waals surface area contributed by atoms with Crippen molar-refractivity contribution in [2.24, 2.45) is 4.99 Å². The molecule has 1 aromatic carbocycles. The topological polar surface area (TPSA) is 86.3 Å². The van der Waals surface area contributed by atoms with E-state index in [0.29, 0.717) is 44.6 Å². The van der Waals surface area contributed by atoms with Crippen molar-refractivity contribution in [3.8, 4) is 5.75 Å². The number of aromatic nitrogens is 1. The van der Waals surface area contributed by atoms with Gasteiger partial charge in [0.15, 0.2) is 10.7 Å². The van der Waals surface area contributed by atoms with Crippen molar-refractivity contribution in [1.82, 2.24) is 4.57 Å². The van der Waals surface area contributed by atoms with Crippen LogP contribution in [0, 0.1) is 0 Å². The Hall–Kier alpha value is -3.59. The molecule has 0 aliphatic carbocycles. The average Bonchev–Trinajstić information content (AvgIpc) is 3.39. The van der Waals surface area contributed by atoms with E-state index in [9.17, 15) is 9.59 Å². The average molecular weight is 482 g/mol. The van der Waals surface area contributed by atoms with E-state index in [-0.39, 0.29) is 12.2 Å². The Morgan fingerprint density at radius 3 is 2.53 bits per heavy atom. The first-order valence-corrected chi connectivity index (χ1v) is 11.8. The van der Waals surface area contributed by atoms with Gasteiger partial charge in [0, 0.05) is 26.2 Å². The highest BCUT2D eigenvalue weighted by atomic mass is 32.1. The molecule has 1 aliphatic rings. The molecule has 0 unspecified atom stereocenters. The number of esters is 1. The van der Waals surface area contributed by atoms with Crippen molar-refractivity contribution >= 4 is 29.3 Å². The van der Waals surface area contributed by atoms with Crippen molar-refractivity contribution in [1.29, 1.82) is 0 Å². The predicted octanol–water partition coefficient (Wildman–Crippen LogP) is 2.86. The van der Waals surface area contributed by atoms with Crippen LogP contribution in [-0.2, 0) is 9.53 Å². The van der Waals surface area contributed by atoms with E-state index in [1.54, 1.807) is 24.5 Å². The lowest BCUT2D eigenvalue weighted by Crippen LogP contribution is -2.39. The lowest BCUT2D eigenvalue weighted by atomic mass is 9.96. The van der Waals surface area contributed by atoms with Gasteiger partial charge in [0.1, 0.15) is 11.5 Å². The maximum atomic E-state index is 13.6. The van der Waals surface area contributed by atoms with E-state index in [1.807, 2.05) is 62.3 Å². The second-order valence-corrected chi connectivity index (χ2v) is 8.88. The summed E-state index contributed by atoms with van der Waals surface area (Å²) >= 11 is 1.26. The first-order valence-electron chi connectivity index (χ1n) is 11.0. The van der Waals surface area contributed by atoms with Crippen LogP contribution in [0.15, 0.2) is 61.9 Å². The number of fused-ring (bicyclic) bond motifs is 1. The fourth-order valence-corrected chi connectivity index (χ4v) is 4.84. The van der Waals surface area contributed by atoms with Crippen LogP contribution in [-0.4, -0.2) is 37.8 Å². The maximum Gasteiger partial charge on any atom is 0.338 e. The summed E-state index contributed by atoms with van der Waals surface area (Å²) in [7, 11) is 3.76. The van der Waals surface area contributed by atoms with Crippen LogP contribution >= 0.6 is 11.3 Å². The number of ether oxygens (including phenoxy) is 2. The molecular formula is C25H27N3O5S. The number of hydrogen-bond acceptors (Lipinski definition) is 8. The normalized spacial score (nSPS) is 15.7. The first-order chi connectivity index (χ1) is 16.3. The fraction of sp³-hybridized carbons (Fsp3) is 0.320. The molecule has 2 aromatic heterocycles. The highest BCUT2D eigenvalue weighted by Crippen LogP contribution is 2.31. The lowest BCUT2D eigenvalue weighted by Gasteiger charge is -2.24. The molecule has 1 atom stereocenters. The number of allylic oxidation sites excluding steroid dienone is 1. The van der Waals surface area contributed by atoms with Crippen LogP contribution in [0.3, 0.4) is 0 Å². The Morgan fingerprint density at radius 2 is 1.91 bits per heavy atom. The SMILES string of the molecule is CCOC(=O)C1=C(C)N=c2sc(=Cc3ccc(N(C)C)o3)c(=O)n2[C@@H]1c1ccc(OCC)cc1. The standard InChI is InChI=1S/C25H27N3O5S/c1-6-31-17-10-8-16(9-11-17)22-21(24(30)32-7-2)15(3)26-25-28(22)23(29)19(34-25)14-18-12-13-20(33-18)27(4)5/h8-14,22H,6-7H2,1-5H3/t22-/m1/s1. The summed E-state index contributed by atoms with van der Waals surface area (Å²) in [5.41, 5.74) is 1.39. The molecule has 0 amide bonds. The molecule has 3 aromatic rings. The molecule has 0 bridgehead atoms. The molecule has 4 rings (SSSR count). The van der Waals surface area contributed by atoms with Crippen LogP contribution in [0.25, 0.3) is 6.08 Å². The van der Waals surface area contributed by atoms with Crippen LogP contribution in [0.4, 0.5) is 5.88 Å². The maximum absolute atomic E-state index is 13.6. The zero-order valence-electron chi connectivity index (χ0n) is 19.8. The number of carbonyl (C=O) groups is 1. The Labute approximate surface area is 201 Å². The molecular weight excluding hydrogens is 454 g/mol. The second kappa shape index (κ2) is 9.72. The Kier molecular flexibility index (Phi) is 6.74. The van der Waals surface area contributed by atoms with Crippen molar-refractivity contribution in [2.45, 2.75) is 26.8 Å². The minimum atomic E-state index is -0.665. The smallest absolute Gasteiger partial charge is 0.338 e. The Morgan fingerprint density at radius 1 is 1.18 bits per heavy atom. The summed E-state index contributed by atoms with van der Waals surface area (Å²) in [4.78, 5) is 33.5. The molecule has 34 heavy (non-hydrogen) atoms. The number of rotatable bonds is 7. The zero-order chi connectivity index (χ0) is 24.4. The van der Waals surface area contributed by atoms with Crippen LogP contribution in [0.2, 0.25) is 0 Å². The van der Waals surface area contributed by atoms with E-state index in [0.717, 1.165) is 5.56 Å². The lowest BCUT2D eigenvalue weighted by molar-refractivity contribution is -0.139. The molecule has 9 heteroatoms. The molecule has 178 valence electrons. The number of nitrogens with zero attached hydrogens (tertiary/aromatic N) is 3. The molecule has 1 aliphatic heterocycles. The minimum Gasteiger partial charge on any atom is -0.494 e. The number of thiazole rings is 1. The van der Waals surface area contributed by atoms with Gasteiger partial charge in [-0.2, -0.15) is 0 Å². The highest BCUT2D eigenvalue weighted by Gasteiger charge is 2.33. The largest absolute Gasteiger partial charge is 0.494 e. The molecule has 3 heterocycles. The molecule has 0 N–H and O–H groups in total.